The number of aryl methyl sites for hydroxylation is 1. The zero-order valence-electron chi connectivity index (χ0n) is 10.7. The lowest BCUT2D eigenvalue weighted by Gasteiger charge is -2.06. The quantitative estimate of drug-likeness (QED) is 0.719. The van der Waals surface area contributed by atoms with Crippen molar-refractivity contribution in [3.05, 3.63) is 40.1 Å². The Labute approximate surface area is 111 Å². The summed E-state index contributed by atoms with van der Waals surface area (Å²) in [5.41, 5.74) is 2.45. The van der Waals surface area contributed by atoms with Crippen molar-refractivity contribution in [2.45, 2.75) is 26.2 Å². The van der Waals surface area contributed by atoms with Crippen molar-refractivity contribution in [1.29, 1.82) is 0 Å². The summed E-state index contributed by atoms with van der Waals surface area (Å²) in [6, 6.07) is 8.51. The fraction of sp³-hybridized carbons (Fsp3) is 0.400. The Morgan fingerprint density at radius 3 is 2.50 bits per heavy atom. The standard InChI is InChI=1S/C15H18NOS/c1-12-5-7-13(8-6-12)14-11-18-15(17-14)16-9-3-2-4-10-16/h5-8,11H,2-4,9-10H2,1H3/q+1. The summed E-state index contributed by atoms with van der Waals surface area (Å²) in [4.78, 5) is 1.06. The molecule has 2 nitrogen and oxygen atoms in total. The lowest BCUT2D eigenvalue weighted by molar-refractivity contribution is 0.393. The predicted octanol–water partition coefficient (Wildman–Crippen LogP) is 3.27. The van der Waals surface area contributed by atoms with Gasteiger partial charge < -0.3 is 4.42 Å². The molecule has 0 bridgehead atoms. The van der Waals surface area contributed by atoms with Gasteiger partial charge in [0.05, 0.1) is 0 Å². The van der Waals surface area contributed by atoms with E-state index in [1.807, 2.05) is 0 Å². The van der Waals surface area contributed by atoms with Gasteiger partial charge in [-0.1, -0.05) is 29.8 Å². The normalized spacial score (nSPS) is 15.9. The molecule has 0 radical (unpaired) electrons. The summed E-state index contributed by atoms with van der Waals surface area (Å²) in [6.45, 7) is 4.38. The van der Waals surface area contributed by atoms with Gasteiger partial charge in [-0.05, 0) is 24.7 Å². The first-order valence-corrected chi connectivity index (χ1v) is 7.44. The van der Waals surface area contributed by atoms with Crippen LogP contribution >= 0.6 is 11.3 Å². The molecule has 1 aliphatic heterocycles. The second-order valence-corrected chi connectivity index (χ2v) is 5.70. The molecular weight excluding hydrogens is 242 g/mol. The lowest BCUT2D eigenvalue weighted by atomic mass is 10.1. The van der Waals surface area contributed by atoms with Gasteiger partial charge in [0, 0.05) is 23.8 Å². The summed E-state index contributed by atoms with van der Waals surface area (Å²) in [5, 5.41) is 2.12. The average molecular weight is 260 g/mol. The van der Waals surface area contributed by atoms with Gasteiger partial charge in [-0.3, -0.25) is 0 Å². The van der Waals surface area contributed by atoms with Crippen LogP contribution < -0.4 is 9.44 Å². The molecule has 0 saturated carbocycles. The van der Waals surface area contributed by atoms with Gasteiger partial charge in [-0.2, -0.15) is 4.58 Å². The third-order valence-corrected chi connectivity index (χ3v) is 4.29. The van der Waals surface area contributed by atoms with Crippen LogP contribution in [0, 0.1) is 6.92 Å². The second-order valence-electron chi connectivity index (χ2n) is 4.88. The maximum Gasteiger partial charge on any atom is 0.430 e. The van der Waals surface area contributed by atoms with E-state index in [4.69, 9.17) is 4.42 Å². The van der Waals surface area contributed by atoms with Gasteiger partial charge in [0.2, 0.25) is 0 Å². The van der Waals surface area contributed by atoms with Crippen LogP contribution in [-0.2, 0) is 0 Å². The molecule has 1 aromatic heterocycles. The minimum atomic E-state index is 0.987. The largest absolute Gasteiger partial charge is 0.430 e. The molecule has 0 unspecified atom stereocenters. The molecule has 3 heteroatoms. The molecule has 1 aliphatic rings. The van der Waals surface area contributed by atoms with E-state index in [-0.39, 0.29) is 0 Å². The highest BCUT2D eigenvalue weighted by Crippen LogP contribution is 2.19. The number of piperidine rings is 1. The minimum absolute atomic E-state index is 0.987. The van der Waals surface area contributed by atoms with Gasteiger partial charge in [0.15, 0.2) is 5.76 Å². The molecular formula is C15H18NOS+. The zero-order valence-corrected chi connectivity index (χ0v) is 11.5. The first-order chi connectivity index (χ1) is 8.83. The first-order valence-electron chi connectivity index (χ1n) is 6.56. The summed E-state index contributed by atoms with van der Waals surface area (Å²) in [6.07, 6.45) is 3.92. The summed E-state index contributed by atoms with van der Waals surface area (Å²) in [5.74, 6) is 0.987. The van der Waals surface area contributed by atoms with Crippen LogP contribution in [0.1, 0.15) is 24.8 Å². The average Bonchev–Trinajstić information content (AvgIpc) is 2.90. The Morgan fingerprint density at radius 1 is 1.06 bits per heavy atom. The molecule has 0 N–H and O–H groups in total. The molecule has 0 amide bonds. The maximum atomic E-state index is 5.99. The van der Waals surface area contributed by atoms with Crippen LogP contribution in [0.3, 0.4) is 0 Å². The van der Waals surface area contributed by atoms with Gasteiger partial charge >= 0.3 is 4.87 Å². The monoisotopic (exact) mass is 260 g/mol. The zero-order chi connectivity index (χ0) is 12.4. The van der Waals surface area contributed by atoms with E-state index in [0.717, 1.165) is 23.7 Å². The van der Waals surface area contributed by atoms with Crippen LogP contribution in [0.5, 0.6) is 0 Å². The van der Waals surface area contributed by atoms with Crippen LogP contribution in [0.2, 0.25) is 0 Å². The molecule has 2 heterocycles. The Hall–Kier alpha value is -1.35. The summed E-state index contributed by atoms with van der Waals surface area (Å²) >= 11 is 1.71. The third kappa shape index (κ3) is 2.41. The van der Waals surface area contributed by atoms with Crippen molar-refractivity contribution in [3.63, 3.8) is 0 Å². The maximum absolute atomic E-state index is 5.99. The third-order valence-electron chi connectivity index (χ3n) is 3.41. The van der Waals surface area contributed by atoms with Crippen LogP contribution in [0.4, 0.5) is 0 Å². The molecule has 1 fully saturated rings. The molecule has 0 atom stereocenters. The first kappa shape index (κ1) is 11.7. The van der Waals surface area contributed by atoms with Gasteiger partial charge in [-0.25, -0.2) is 0 Å². The van der Waals surface area contributed by atoms with E-state index in [9.17, 15) is 0 Å². The molecule has 1 saturated heterocycles. The van der Waals surface area contributed by atoms with Gasteiger partial charge in [0.1, 0.15) is 13.1 Å². The Morgan fingerprint density at radius 2 is 1.78 bits per heavy atom. The van der Waals surface area contributed by atoms with E-state index in [0.29, 0.717) is 0 Å². The highest BCUT2D eigenvalue weighted by Gasteiger charge is 2.15. The highest BCUT2D eigenvalue weighted by molar-refractivity contribution is 7.07. The molecule has 3 rings (SSSR count). The van der Waals surface area contributed by atoms with Crippen molar-refractivity contribution in [2.75, 3.05) is 13.1 Å². The number of rotatable bonds is 1. The van der Waals surface area contributed by atoms with Crippen molar-refractivity contribution in [1.82, 2.24) is 4.58 Å². The van der Waals surface area contributed by atoms with Crippen molar-refractivity contribution in [3.8, 4) is 11.3 Å². The Balaban J connectivity index is 1.96. The van der Waals surface area contributed by atoms with E-state index in [1.165, 1.54) is 30.4 Å². The molecule has 1 aromatic carbocycles. The molecule has 2 aromatic rings. The number of hydrogen-bond acceptors (Lipinski definition) is 2. The number of nitrogens with zero attached hydrogens (tertiary/aromatic N) is 1. The summed E-state index contributed by atoms with van der Waals surface area (Å²) in [7, 11) is 0. The number of benzene rings is 1. The SMILES string of the molecule is Cc1ccc(-c2csc(=[N+]3CCCCC3)o2)cc1. The Bertz CT molecular complexity index is 583. The predicted molar refractivity (Wildman–Crippen MR) is 75.6 cm³/mol. The van der Waals surface area contributed by atoms with Crippen molar-refractivity contribution >= 4 is 11.3 Å². The van der Waals surface area contributed by atoms with Crippen LogP contribution in [0.25, 0.3) is 11.3 Å². The summed E-state index contributed by atoms with van der Waals surface area (Å²) < 4.78 is 8.36. The van der Waals surface area contributed by atoms with Crippen molar-refractivity contribution < 1.29 is 4.42 Å². The number of hydrogen-bond donors (Lipinski definition) is 0. The molecule has 0 aliphatic carbocycles. The van der Waals surface area contributed by atoms with E-state index < -0.39 is 0 Å². The minimum Gasteiger partial charge on any atom is -0.396 e. The van der Waals surface area contributed by atoms with Crippen LogP contribution in [0.15, 0.2) is 34.1 Å². The van der Waals surface area contributed by atoms with E-state index in [2.05, 4.69) is 41.1 Å². The van der Waals surface area contributed by atoms with E-state index >= 15 is 0 Å². The fourth-order valence-electron chi connectivity index (χ4n) is 2.31. The highest BCUT2D eigenvalue weighted by atomic mass is 32.1. The van der Waals surface area contributed by atoms with Crippen LogP contribution in [-0.4, -0.2) is 13.1 Å². The van der Waals surface area contributed by atoms with Gasteiger partial charge in [0.25, 0.3) is 0 Å². The Kier molecular flexibility index (Phi) is 3.33. The van der Waals surface area contributed by atoms with Crippen molar-refractivity contribution in [2.24, 2.45) is 0 Å². The second kappa shape index (κ2) is 5.11. The van der Waals surface area contributed by atoms with Gasteiger partial charge in [-0.15, -0.1) is 0 Å². The van der Waals surface area contributed by atoms with E-state index in [1.54, 1.807) is 11.3 Å². The molecule has 0 spiro atoms. The smallest absolute Gasteiger partial charge is 0.396 e. The molecule has 94 valence electrons. The molecule has 18 heavy (non-hydrogen) atoms. The topological polar surface area (TPSA) is 16.1 Å². The lowest BCUT2D eigenvalue weighted by Crippen LogP contribution is -2.32. The fourth-order valence-corrected chi connectivity index (χ4v) is 3.17.